The highest BCUT2D eigenvalue weighted by Crippen LogP contribution is 2.07. The summed E-state index contributed by atoms with van der Waals surface area (Å²) in [4.78, 5) is 21.4. The highest BCUT2D eigenvalue weighted by Gasteiger charge is 2.08. The maximum absolute atomic E-state index is 10.9. The Hall–Kier alpha value is -1.84. The summed E-state index contributed by atoms with van der Waals surface area (Å²) in [7, 11) is 0. The Morgan fingerprint density at radius 1 is 1.36 bits per heavy atom. The van der Waals surface area contributed by atoms with Crippen molar-refractivity contribution in [1.82, 2.24) is 0 Å². The minimum Gasteiger partial charge on any atom is -0.465 e. The van der Waals surface area contributed by atoms with E-state index in [2.05, 4.69) is 5.32 Å². The molecule has 0 unspecified atom stereocenters. The van der Waals surface area contributed by atoms with Crippen LogP contribution in [0.1, 0.15) is 11.5 Å². The van der Waals surface area contributed by atoms with Crippen molar-refractivity contribution < 1.29 is 4.42 Å². The molecule has 0 amide bonds. The maximum atomic E-state index is 10.9. The van der Waals surface area contributed by atoms with E-state index in [1.165, 1.54) is 6.07 Å². The van der Waals surface area contributed by atoms with Crippen LogP contribution in [0.5, 0.6) is 0 Å². The molecular weight excluding hydrogens is 182 g/mol. The van der Waals surface area contributed by atoms with Crippen LogP contribution in [0, 0.1) is 6.92 Å². The zero-order chi connectivity index (χ0) is 10.1. The molecule has 4 nitrogen and oxygen atoms in total. The quantitative estimate of drug-likeness (QED) is 0.729. The fraction of sp³-hybridized carbons (Fsp3) is 0.200. The van der Waals surface area contributed by atoms with Crippen molar-refractivity contribution in [1.29, 1.82) is 0 Å². The van der Waals surface area contributed by atoms with Gasteiger partial charge in [0.2, 0.25) is 10.9 Å². The van der Waals surface area contributed by atoms with Crippen molar-refractivity contribution in [2.24, 2.45) is 0 Å². The second-order valence-electron chi connectivity index (χ2n) is 3.12. The molecule has 0 saturated heterocycles. The minimum atomic E-state index is -0.451. The number of nitrogens with one attached hydrogen (secondary N) is 1. The zero-order valence-electron chi connectivity index (χ0n) is 7.66. The van der Waals surface area contributed by atoms with Crippen LogP contribution in [0.3, 0.4) is 0 Å². The Bertz CT molecular complexity index is 517. The van der Waals surface area contributed by atoms with Gasteiger partial charge in [-0.15, -0.1) is 0 Å². The van der Waals surface area contributed by atoms with Crippen LogP contribution >= 0.6 is 0 Å². The van der Waals surface area contributed by atoms with Gasteiger partial charge in [0, 0.05) is 6.07 Å². The smallest absolute Gasteiger partial charge is 0.248 e. The molecule has 1 heterocycles. The number of aryl methyl sites for hydroxylation is 1. The lowest BCUT2D eigenvalue weighted by atomic mass is 10.2. The zero-order valence-corrected chi connectivity index (χ0v) is 7.66. The molecule has 0 bridgehead atoms. The van der Waals surface area contributed by atoms with E-state index in [4.69, 9.17) is 4.42 Å². The number of anilines is 1. The summed E-state index contributed by atoms with van der Waals surface area (Å²) in [6.07, 6.45) is 0. The topological polar surface area (TPSA) is 59.3 Å². The molecule has 0 saturated carbocycles. The van der Waals surface area contributed by atoms with Crippen molar-refractivity contribution in [3.05, 3.63) is 50.2 Å². The Morgan fingerprint density at radius 3 is 2.64 bits per heavy atom. The van der Waals surface area contributed by atoms with Gasteiger partial charge in [-0.05, 0) is 19.1 Å². The van der Waals surface area contributed by atoms with Crippen LogP contribution < -0.4 is 16.2 Å². The monoisotopic (exact) mass is 191 g/mol. The van der Waals surface area contributed by atoms with E-state index in [9.17, 15) is 9.59 Å². The van der Waals surface area contributed by atoms with Crippen LogP contribution in [-0.4, -0.2) is 0 Å². The predicted octanol–water partition coefficient (Wildman–Crippen LogP) is 0.796. The van der Waals surface area contributed by atoms with Gasteiger partial charge in [0.05, 0.1) is 12.2 Å². The van der Waals surface area contributed by atoms with E-state index in [1.54, 1.807) is 0 Å². The van der Waals surface area contributed by atoms with Gasteiger partial charge in [-0.25, -0.2) is 0 Å². The van der Waals surface area contributed by atoms with Gasteiger partial charge < -0.3 is 9.73 Å². The lowest BCUT2D eigenvalue weighted by Crippen LogP contribution is -2.32. The molecular formula is C10H9NO3. The summed E-state index contributed by atoms with van der Waals surface area (Å²) in [6, 6.07) is 4.96. The fourth-order valence-electron chi connectivity index (χ4n) is 1.21. The summed E-state index contributed by atoms with van der Waals surface area (Å²) >= 11 is 0. The Labute approximate surface area is 79.9 Å². The Balaban J connectivity index is 2.00. The Morgan fingerprint density at radius 2 is 2.14 bits per heavy atom. The second kappa shape index (κ2) is 3.14. The molecule has 1 N–H and O–H groups in total. The van der Waals surface area contributed by atoms with Gasteiger partial charge in [0.15, 0.2) is 0 Å². The third kappa shape index (κ3) is 1.46. The van der Waals surface area contributed by atoms with E-state index in [-0.39, 0.29) is 0 Å². The van der Waals surface area contributed by atoms with E-state index >= 15 is 0 Å². The van der Waals surface area contributed by atoms with Gasteiger partial charge in [0.25, 0.3) is 0 Å². The van der Waals surface area contributed by atoms with Gasteiger partial charge in [-0.3, -0.25) is 9.59 Å². The summed E-state index contributed by atoms with van der Waals surface area (Å²) in [5, 5.41) is 2.83. The van der Waals surface area contributed by atoms with Gasteiger partial charge >= 0.3 is 0 Å². The highest BCUT2D eigenvalue weighted by atomic mass is 16.3. The summed E-state index contributed by atoms with van der Waals surface area (Å²) < 4.78 is 5.28. The number of hydrogen-bond acceptors (Lipinski definition) is 4. The van der Waals surface area contributed by atoms with E-state index in [0.717, 1.165) is 11.5 Å². The minimum absolute atomic E-state index is 0.365. The molecule has 14 heavy (non-hydrogen) atoms. The summed E-state index contributed by atoms with van der Waals surface area (Å²) in [6.45, 7) is 2.28. The lowest BCUT2D eigenvalue weighted by Gasteiger charge is -2.03. The second-order valence-corrected chi connectivity index (χ2v) is 3.12. The van der Waals surface area contributed by atoms with Crippen LogP contribution in [0.15, 0.2) is 32.2 Å². The van der Waals surface area contributed by atoms with Crippen LogP contribution in [0.25, 0.3) is 0 Å². The molecule has 0 radical (unpaired) electrons. The summed E-state index contributed by atoms with van der Waals surface area (Å²) in [5.74, 6) is 1.57. The van der Waals surface area contributed by atoms with E-state index < -0.39 is 10.9 Å². The van der Waals surface area contributed by atoms with E-state index in [0.29, 0.717) is 12.2 Å². The predicted molar refractivity (Wildman–Crippen MR) is 52.1 cm³/mol. The van der Waals surface area contributed by atoms with Gasteiger partial charge in [-0.1, -0.05) is 0 Å². The molecule has 0 aliphatic rings. The molecule has 72 valence electrons. The van der Waals surface area contributed by atoms with Crippen LogP contribution in [0.4, 0.5) is 5.69 Å². The normalized spacial score (nSPS) is 10.6. The van der Waals surface area contributed by atoms with Crippen molar-refractivity contribution in [2.45, 2.75) is 13.5 Å². The van der Waals surface area contributed by atoms with E-state index in [1.807, 2.05) is 19.1 Å². The van der Waals surface area contributed by atoms with Crippen molar-refractivity contribution in [2.75, 3.05) is 5.32 Å². The SMILES string of the molecule is Cc1ccc(CNc2cc(=O)c2=O)o1. The maximum Gasteiger partial charge on any atom is 0.248 e. The summed E-state index contributed by atoms with van der Waals surface area (Å²) in [5.41, 5.74) is -0.527. The number of hydrogen-bond donors (Lipinski definition) is 1. The van der Waals surface area contributed by atoms with Crippen LogP contribution in [-0.2, 0) is 6.54 Å². The molecule has 1 aromatic heterocycles. The largest absolute Gasteiger partial charge is 0.465 e. The average molecular weight is 191 g/mol. The molecule has 2 rings (SSSR count). The average Bonchev–Trinajstić information content (AvgIpc) is 2.58. The van der Waals surface area contributed by atoms with Gasteiger partial charge in [0.1, 0.15) is 11.5 Å². The number of rotatable bonds is 3. The first kappa shape index (κ1) is 8.74. The van der Waals surface area contributed by atoms with Crippen molar-refractivity contribution in [3.63, 3.8) is 0 Å². The first-order valence-corrected chi connectivity index (χ1v) is 4.26. The molecule has 0 aliphatic heterocycles. The Kier molecular flexibility index (Phi) is 1.96. The molecule has 0 fully saturated rings. The lowest BCUT2D eigenvalue weighted by molar-refractivity contribution is 0.490. The molecule has 0 atom stereocenters. The van der Waals surface area contributed by atoms with Crippen molar-refractivity contribution >= 4 is 5.69 Å². The molecule has 1 aromatic carbocycles. The molecule has 2 aromatic rings. The molecule has 0 aliphatic carbocycles. The van der Waals surface area contributed by atoms with Crippen molar-refractivity contribution in [3.8, 4) is 0 Å². The third-order valence-corrected chi connectivity index (χ3v) is 1.99. The van der Waals surface area contributed by atoms with Gasteiger partial charge in [-0.2, -0.15) is 0 Å². The fourth-order valence-corrected chi connectivity index (χ4v) is 1.21. The highest BCUT2D eigenvalue weighted by molar-refractivity contribution is 5.47. The molecule has 4 heteroatoms. The first-order valence-electron chi connectivity index (χ1n) is 4.26. The third-order valence-electron chi connectivity index (χ3n) is 1.99. The standard InChI is InChI=1S/C10H9NO3/c1-6-2-3-7(14-6)5-11-8-4-9(12)10(8)13/h2-4,11H,5H2,1H3. The van der Waals surface area contributed by atoms with Crippen LogP contribution in [0.2, 0.25) is 0 Å². The molecule has 0 spiro atoms. The first-order chi connectivity index (χ1) is 6.66. The number of furan rings is 1.